The number of fused-ring (bicyclic) bond motifs is 1. The Morgan fingerprint density at radius 3 is 2.52 bits per heavy atom. The average molecular weight is 279 g/mol. The topological polar surface area (TPSA) is 59.3 Å². The van der Waals surface area contributed by atoms with E-state index in [4.69, 9.17) is 4.42 Å². The highest BCUT2D eigenvalue weighted by Gasteiger charge is 2.05. The fourth-order valence-electron chi connectivity index (χ4n) is 2.21. The van der Waals surface area contributed by atoms with Gasteiger partial charge in [0, 0.05) is 22.2 Å². The lowest BCUT2D eigenvalue weighted by Crippen LogP contribution is -2.00. The molecule has 0 bridgehead atoms. The molecule has 0 atom stereocenters. The summed E-state index contributed by atoms with van der Waals surface area (Å²) < 4.78 is 5.70. The number of para-hydroxylation sites is 1. The van der Waals surface area contributed by atoms with Crippen molar-refractivity contribution >= 4 is 29.2 Å². The van der Waals surface area contributed by atoms with Crippen molar-refractivity contribution in [3.63, 3.8) is 0 Å². The van der Waals surface area contributed by atoms with Crippen molar-refractivity contribution in [3.05, 3.63) is 65.4 Å². The van der Waals surface area contributed by atoms with E-state index >= 15 is 0 Å². The third-order valence-corrected chi connectivity index (χ3v) is 3.28. The van der Waals surface area contributed by atoms with Gasteiger partial charge in [-0.3, -0.25) is 9.59 Å². The van der Waals surface area contributed by atoms with Gasteiger partial charge in [-0.15, -0.1) is 0 Å². The summed E-state index contributed by atoms with van der Waals surface area (Å²) in [7, 11) is 0. The molecule has 0 fully saturated rings. The van der Waals surface area contributed by atoms with E-state index in [2.05, 4.69) is 5.32 Å². The molecule has 0 aliphatic heterocycles. The number of aldehydes is 2. The number of benzene rings is 2. The van der Waals surface area contributed by atoms with Gasteiger partial charge in [-0.25, -0.2) is 0 Å². The third kappa shape index (κ3) is 2.69. The number of nitrogens with one attached hydrogen (secondary N) is 1. The van der Waals surface area contributed by atoms with Gasteiger partial charge in [0.25, 0.3) is 0 Å². The number of anilines is 1. The molecule has 1 heterocycles. The second-order valence-corrected chi connectivity index (χ2v) is 4.68. The molecule has 1 N–H and O–H groups in total. The van der Waals surface area contributed by atoms with E-state index in [1.165, 1.54) is 0 Å². The minimum atomic E-state index is 0.375. The highest BCUT2D eigenvalue weighted by molar-refractivity contribution is 5.91. The summed E-state index contributed by atoms with van der Waals surface area (Å²) in [5.74, 6) is 0.809. The number of hydrogen-bond donors (Lipinski definition) is 1. The van der Waals surface area contributed by atoms with Crippen LogP contribution in [0.3, 0.4) is 0 Å². The number of rotatable bonds is 5. The first-order valence-electron chi connectivity index (χ1n) is 6.56. The molecule has 4 heteroatoms. The molecule has 1 aromatic heterocycles. The number of carbonyl (C=O) groups is 2. The van der Waals surface area contributed by atoms with Crippen LogP contribution in [0.5, 0.6) is 0 Å². The predicted molar refractivity (Wildman–Crippen MR) is 80.8 cm³/mol. The van der Waals surface area contributed by atoms with Crippen molar-refractivity contribution in [2.24, 2.45) is 0 Å². The van der Waals surface area contributed by atoms with E-state index in [-0.39, 0.29) is 0 Å². The molecule has 3 rings (SSSR count). The summed E-state index contributed by atoms with van der Waals surface area (Å²) >= 11 is 0. The first kappa shape index (κ1) is 13.1. The fourth-order valence-corrected chi connectivity index (χ4v) is 2.21. The zero-order valence-corrected chi connectivity index (χ0v) is 11.2. The summed E-state index contributed by atoms with van der Waals surface area (Å²) in [5, 5.41) is 4.23. The maximum atomic E-state index is 10.9. The maximum absolute atomic E-state index is 10.9. The van der Waals surface area contributed by atoms with Gasteiger partial charge >= 0.3 is 0 Å². The lowest BCUT2D eigenvalue weighted by molar-refractivity contribution is 0.109. The predicted octanol–water partition coefficient (Wildman–Crippen LogP) is 3.67. The molecule has 104 valence electrons. The number of hydrogen-bond acceptors (Lipinski definition) is 4. The van der Waals surface area contributed by atoms with Gasteiger partial charge in [-0.05, 0) is 30.3 Å². The van der Waals surface area contributed by atoms with Crippen LogP contribution in [0.4, 0.5) is 5.69 Å². The van der Waals surface area contributed by atoms with Crippen molar-refractivity contribution in [2.75, 3.05) is 5.32 Å². The molecule has 0 aliphatic rings. The van der Waals surface area contributed by atoms with Crippen molar-refractivity contribution in [1.82, 2.24) is 0 Å². The van der Waals surface area contributed by atoms with Gasteiger partial charge in [0.15, 0.2) is 12.6 Å². The van der Waals surface area contributed by atoms with E-state index in [0.717, 1.165) is 22.4 Å². The zero-order chi connectivity index (χ0) is 14.7. The number of furan rings is 1. The molecule has 21 heavy (non-hydrogen) atoms. The molecule has 0 radical (unpaired) electrons. The van der Waals surface area contributed by atoms with E-state index in [9.17, 15) is 9.59 Å². The van der Waals surface area contributed by atoms with E-state index < -0.39 is 0 Å². The average Bonchev–Trinajstić information content (AvgIpc) is 2.95. The first-order valence-corrected chi connectivity index (χ1v) is 6.56. The van der Waals surface area contributed by atoms with Crippen LogP contribution < -0.4 is 5.32 Å². The Hall–Kier alpha value is -2.88. The number of carbonyl (C=O) groups excluding carboxylic acids is 2. The zero-order valence-electron chi connectivity index (χ0n) is 11.2. The smallest absolute Gasteiger partial charge is 0.150 e. The molecule has 0 unspecified atom stereocenters. The standard InChI is InChI=1S/C17H13NO3/c19-10-13-5-6-15(7-14(13)11-20)18-9-16-8-12-3-1-2-4-17(12)21-16/h1-8,10-11,18H,9H2. The molecular formula is C17H13NO3. The largest absolute Gasteiger partial charge is 0.459 e. The van der Waals surface area contributed by atoms with Crippen LogP contribution in [-0.4, -0.2) is 12.6 Å². The van der Waals surface area contributed by atoms with Crippen LogP contribution in [0.15, 0.2) is 52.9 Å². The van der Waals surface area contributed by atoms with Crippen molar-refractivity contribution < 1.29 is 14.0 Å². The van der Waals surface area contributed by atoms with E-state index in [0.29, 0.717) is 30.2 Å². The van der Waals surface area contributed by atoms with Gasteiger partial charge in [-0.2, -0.15) is 0 Å². The molecule has 0 saturated heterocycles. The lowest BCUT2D eigenvalue weighted by atomic mass is 10.1. The van der Waals surface area contributed by atoms with Crippen LogP contribution in [0, 0.1) is 0 Å². The van der Waals surface area contributed by atoms with Crippen molar-refractivity contribution in [3.8, 4) is 0 Å². The Morgan fingerprint density at radius 1 is 0.952 bits per heavy atom. The molecule has 0 saturated carbocycles. The van der Waals surface area contributed by atoms with Crippen LogP contribution in [0.25, 0.3) is 11.0 Å². The van der Waals surface area contributed by atoms with Crippen molar-refractivity contribution in [2.45, 2.75) is 6.54 Å². The molecule has 3 aromatic rings. The van der Waals surface area contributed by atoms with Crippen LogP contribution in [0.2, 0.25) is 0 Å². The Bertz CT molecular complexity index is 772. The Morgan fingerprint density at radius 2 is 1.76 bits per heavy atom. The Kier molecular flexibility index (Phi) is 3.51. The first-order chi connectivity index (χ1) is 10.3. The van der Waals surface area contributed by atoms with Crippen LogP contribution in [-0.2, 0) is 6.54 Å². The minimum Gasteiger partial charge on any atom is -0.459 e. The van der Waals surface area contributed by atoms with Crippen LogP contribution >= 0.6 is 0 Å². The van der Waals surface area contributed by atoms with Gasteiger partial charge in [-0.1, -0.05) is 18.2 Å². The highest BCUT2D eigenvalue weighted by Crippen LogP contribution is 2.20. The molecule has 4 nitrogen and oxygen atoms in total. The normalized spacial score (nSPS) is 10.5. The van der Waals surface area contributed by atoms with E-state index in [1.807, 2.05) is 30.3 Å². The minimum absolute atomic E-state index is 0.375. The molecule has 2 aromatic carbocycles. The van der Waals surface area contributed by atoms with Gasteiger partial charge in [0.05, 0.1) is 6.54 Å². The summed E-state index contributed by atoms with van der Waals surface area (Å²) in [6.45, 7) is 0.507. The molecule has 0 aliphatic carbocycles. The SMILES string of the molecule is O=Cc1ccc(NCc2cc3ccccc3o2)cc1C=O. The molecule has 0 amide bonds. The Balaban J connectivity index is 1.78. The van der Waals surface area contributed by atoms with Crippen molar-refractivity contribution in [1.29, 1.82) is 0 Å². The van der Waals surface area contributed by atoms with Crippen LogP contribution in [0.1, 0.15) is 26.5 Å². The van der Waals surface area contributed by atoms with Gasteiger partial charge in [0.2, 0.25) is 0 Å². The summed E-state index contributed by atoms with van der Waals surface area (Å²) in [6.07, 6.45) is 1.35. The molecule has 0 spiro atoms. The quantitative estimate of drug-likeness (QED) is 0.724. The molecular weight excluding hydrogens is 266 g/mol. The van der Waals surface area contributed by atoms with Gasteiger partial charge < -0.3 is 9.73 Å². The maximum Gasteiger partial charge on any atom is 0.150 e. The second-order valence-electron chi connectivity index (χ2n) is 4.68. The fraction of sp³-hybridized carbons (Fsp3) is 0.0588. The van der Waals surface area contributed by atoms with E-state index in [1.54, 1.807) is 18.2 Å². The van der Waals surface area contributed by atoms with Gasteiger partial charge in [0.1, 0.15) is 11.3 Å². The Labute approximate surface area is 121 Å². The lowest BCUT2D eigenvalue weighted by Gasteiger charge is -2.06. The highest BCUT2D eigenvalue weighted by atomic mass is 16.3. The summed E-state index contributed by atoms with van der Waals surface area (Å²) in [6, 6.07) is 14.8. The third-order valence-electron chi connectivity index (χ3n) is 3.28. The second kappa shape index (κ2) is 5.63. The monoisotopic (exact) mass is 279 g/mol. The summed E-state index contributed by atoms with van der Waals surface area (Å²) in [5.41, 5.74) is 2.38. The summed E-state index contributed by atoms with van der Waals surface area (Å²) in [4.78, 5) is 21.7.